The maximum atomic E-state index is 12.5. The van der Waals surface area contributed by atoms with E-state index < -0.39 is 5.54 Å². The molecule has 0 aromatic rings. The second-order valence-corrected chi connectivity index (χ2v) is 6.38. The summed E-state index contributed by atoms with van der Waals surface area (Å²) in [4.78, 5) is 14.9. The lowest BCUT2D eigenvalue weighted by molar-refractivity contribution is -0.151. The molecule has 2 rings (SSSR count). The summed E-state index contributed by atoms with van der Waals surface area (Å²) in [5, 5.41) is 3.64. The van der Waals surface area contributed by atoms with E-state index in [1.165, 1.54) is 32.8 Å². The lowest BCUT2D eigenvalue weighted by Gasteiger charge is -2.37. The number of esters is 1. The number of carbonyl (C=O) groups is 1. The number of nitrogens with one attached hydrogen (secondary N) is 1. The van der Waals surface area contributed by atoms with Crippen molar-refractivity contribution in [2.75, 3.05) is 26.7 Å². The van der Waals surface area contributed by atoms with Crippen LogP contribution in [0.4, 0.5) is 0 Å². The Balaban J connectivity index is 2.08. The number of likely N-dealkylation sites (N-methyl/N-ethyl adjacent to an activating group) is 1. The Morgan fingerprint density at radius 2 is 2.00 bits per heavy atom. The average Bonchev–Trinajstić information content (AvgIpc) is 3.33. The van der Waals surface area contributed by atoms with Crippen molar-refractivity contribution in [3.63, 3.8) is 0 Å². The van der Waals surface area contributed by atoms with Gasteiger partial charge in [0, 0.05) is 12.6 Å². The highest BCUT2D eigenvalue weighted by molar-refractivity contribution is 5.82. The van der Waals surface area contributed by atoms with E-state index in [0.717, 1.165) is 32.5 Å². The van der Waals surface area contributed by atoms with E-state index in [4.69, 9.17) is 4.74 Å². The number of nitrogens with zero attached hydrogens (tertiary/aromatic N) is 1. The normalized spacial score (nSPS) is 21.8. The van der Waals surface area contributed by atoms with Crippen LogP contribution >= 0.6 is 0 Å². The van der Waals surface area contributed by atoms with Crippen LogP contribution in [0.15, 0.2) is 0 Å². The van der Waals surface area contributed by atoms with E-state index in [0.29, 0.717) is 12.0 Å². The van der Waals surface area contributed by atoms with Crippen molar-refractivity contribution in [1.29, 1.82) is 0 Å². The molecule has 4 nitrogen and oxygen atoms in total. The number of carbonyl (C=O) groups excluding carboxylic acids is 1. The van der Waals surface area contributed by atoms with Crippen LogP contribution in [0.25, 0.3) is 0 Å². The first-order chi connectivity index (χ1) is 9.66. The topological polar surface area (TPSA) is 41.6 Å². The van der Waals surface area contributed by atoms with Crippen molar-refractivity contribution in [3.05, 3.63) is 0 Å². The second kappa shape index (κ2) is 6.90. The quantitative estimate of drug-likeness (QED) is 0.624. The Labute approximate surface area is 123 Å². The van der Waals surface area contributed by atoms with E-state index in [-0.39, 0.29) is 5.97 Å². The molecule has 0 spiro atoms. The molecule has 0 heterocycles. The minimum Gasteiger partial charge on any atom is -0.468 e. The van der Waals surface area contributed by atoms with Crippen LogP contribution in [0.2, 0.25) is 0 Å². The van der Waals surface area contributed by atoms with Crippen molar-refractivity contribution >= 4 is 5.97 Å². The number of ether oxygens (including phenoxy) is 1. The monoisotopic (exact) mass is 282 g/mol. The first kappa shape index (κ1) is 15.8. The summed E-state index contributed by atoms with van der Waals surface area (Å²) in [6, 6.07) is 0.527. The van der Waals surface area contributed by atoms with Crippen LogP contribution in [0, 0.1) is 5.92 Å². The maximum absolute atomic E-state index is 12.5. The Bertz CT molecular complexity index is 326. The Morgan fingerprint density at radius 1 is 1.30 bits per heavy atom. The van der Waals surface area contributed by atoms with E-state index in [1.54, 1.807) is 0 Å². The van der Waals surface area contributed by atoms with Gasteiger partial charge in [0.2, 0.25) is 0 Å². The fourth-order valence-corrected chi connectivity index (χ4v) is 3.02. The van der Waals surface area contributed by atoms with Crippen molar-refractivity contribution < 1.29 is 9.53 Å². The highest BCUT2D eigenvalue weighted by Gasteiger charge is 2.54. The highest BCUT2D eigenvalue weighted by atomic mass is 16.5. The second-order valence-electron chi connectivity index (χ2n) is 6.38. The van der Waals surface area contributed by atoms with E-state index >= 15 is 0 Å². The van der Waals surface area contributed by atoms with Gasteiger partial charge in [0.05, 0.1) is 7.11 Å². The molecule has 1 atom stereocenters. The van der Waals surface area contributed by atoms with Gasteiger partial charge in [0.25, 0.3) is 0 Å². The molecule has 0 radical (unpaired) electrons. The Morgan fingerprint density at radius 3 is 2.45 bits per heavy atom. The third-order valence-electron chi connectivity index (χ3n) is 4.61. The van der Waals surface area contributed by atoms with Gasteiger partial charge < -0.3 is 9.64 Å². The average molecular weight is 282 g/mol. The molecule has 0 bridgehead atoms. The summed E-state index contributed by atoms with van der Waals surface area (Å²) >= 11 is 0. The number of hydrogen-bond donors (Lipinski definition) is 1. The summed E-state index contributed by atoms with van der Waals surface area (Å²) < 4.78 is 5.17. The number of hydrogen-bond acceptors (Lipinski definition) is 4. The lowest BCUT2D eigenvalue weighted by Crippen LogP contribution is -2.62. The molecule has 4 heteroatoms. The van der Waals surface area contributed by atoms with Crippen LogP contribution in [0.1, 0.15) is 52.4 Å². The zero-order valence-electron chi connectivity index (χ0n) is 13.3. The molecule has 0 aromatic carbocycles. The summed E-state index contributed by atoms with van der Waals surface area (Å²) in [5.41, 5.74) is -0.459. The van der Waals surface area contributed by atoms with Gasteiger partial charge in [-0.25, -0.2) is 4.79 Å². The molecule has 20 heavy (non-hydrogen) atoms. The van der Waals surface area contributed by atoms with Crippen LogP contribution in [0.5, 0.6) is 0 Å². The Hall–Kier alpha value is -0.610. The summed E-state index contributed by atoms with van der Waals surface area (Å²) in [6.45, 7) is 7.27. The summed E-state index contributed by atoms with van der Waals surface area (Å²) in [6.07, 6.45) is 7.10. The SMILES string of the molecule is CCCCN(CC)CC(NC1CC1)(C(=O)OC)C1CC1. The molecule has 2 aliphatic carbocycles. The van der Waals surface area contributed by atoms with Gasteiger partial charge in [-0.2, -0.15) is 0 Å². The smallest absolute Gasteiger partial charge is 0.327 e. The van der Waals surface area contributed by atoms with Gasteiger partial charge >= 0.3 is 5.97 Å². The van der Waals surface area contributed by atoms with Crippen molar-refractivity contribution in [1.82, 2.24) is 10.2 Å². The van der Waals surface area contributed by atoms with E-state index in [9.17, 15) is 4.79 Å². The van der Waals surface area contributed by atoms with E-state index in [1.807, 2.05) is 0 Å². The van der Waals surface area contributed by atoms with Gasteiger partial charge in [0.15, 0.2) is 0 Å². The highest BCUT2D eigenvalue weighted by Crippen LogP contribution is 2.42. The predicted octanol–water partition coefficient (Wildman–Crippen LogP) is 2.18. The number of methoxy groups -OCH3 is 1. The molecule has 2 aliphatic rings. The van der Waals surface area contributed by atoms with Crippen molar-refractivity contribution in [3.8, 4) is 0 Å². The number of unbranched alkanes of at least 4 members (excludes halogenated alkanes) is 1. The predicted molar refractivity (Wildman–Crippen MR) is 80.7 cm³/mol. The molecule has 0 saturated heterocycles. The number of rotatable bonds is 10. The van der Waals surface area contributed by atoms with Crippen LogP contribution in [-0.4, -0.2) is 49.2 Å². The summed E-state index contributed by atoms with van der Waals surface area (Å²) in [7, 11) is 1.52. The van der Waals surface area contributed by atoms with Gasteiger partial charge in [-0.1, -0.05) is 20.3 Å². The van der Waals surface area contributed by atoms with Gasteiger partial charge in [-0.05, 0) is 51.1 Å². The lowest BCUT2D eigenvalue weighted by atomic mass is 9.91. The molecule has 0 aliphatic heterocycles. The molecule has 0 aromatic heterocycles. The zero-order chi connectivity index (χ0) is 14.6. The minimum atomic E-state index is -0.459. The molecule has 1 N–H and O–H groups in total. The van der Waals surface area contributed by atoms with Crippen LogP contribution in [-0.2, 0) is 9.53 Å². The third-order valence-corrected chi connectivity index (χ3v) is 4.61. The molecule has 1 unspecified atom stereocenters. The van der Waals surface area contributed by atoms with Crippen molar-refractivity contribution in [2.45, 2.75) is 64.0 Å². The van der Waals surface area contributed by atoms with Gasteiger partial charge in [-0.15, -0.1) is 0 Å². The molecular weight excluding hydrogens is 252 g/mol. The fraction of sp³-hybridized carbons (Fsp3) is 0.938. The van der Waals surface area contributed by atoms with Crippen LogP contribution in [0.3, 0.4) is 0 Å². The van der Waals surface area contributed by atoms with Crippen molar-refractivity contribution in [2.24, 2.45) is 5.92 Å². The van der Waals surface area contributed by atoms with E-state index in [2.05, 4.69) is 24.1 Å². The molecule has 2 fully saturated rings. The Kier molecular flexibility index (Phi) is 5.44. The minimum absolute atomic E-state index is 0.0538. The first-order valence-corrected chi connectivity index (χ1v) is 8.24. The van der Waals surface area contributed by atoms with Gasteiger partial charge in [-0.3, -0.25) is 5.32 Å². The molecule has 2 saturated carbocycles. The maximum Gasteiger partial charge on any atom is 0.327 e. The fourth-order valence-electron chi connectivity index (χ4n) is 3.02. The molecular formula is C16H30N2O2. The first-order valence-electron chi connectivity index (χ1n) is 8.24. The summed E-state index contributed by atoms with van der Waals surface area (Å²) in [5.74, 6) is 0.410. The van der Waals surface area contributed by atoms with Gasteiger partial charge in [0.1, 0.15) is 5.54 Å². The zero-order valence-corrected chi connectivity index (χ0v) is 13.3. The standard InChI is InChI=1S/C16H30N2O2/c1-4-6-11-18(5-2)12-16(13-7-8-13,15(19)20-3)17-14-9-10-14/h13-14,17H,4-12H2,1-3H3. The third kappa shape index (κ3) is 3.73. The molecule has 0 amide bonds. The largest absolute Gasteiger partial charge is 0.468 e. The molecule has 116 valence electrons. The van der Waals surface area contributed by atoms with Crippen LogP contribution < -0.4 is 5.32 Å².